The van der Waals surface area contributed by atoms with Gasteiger partial charge in [0, 0.05) is 22.5 Å². The predicted octanol–water partition coefficient (Wildman–Crippen LogP) is 5.67. The van der Waals surface area contributed by atoms with E-state index in [2.05, 4.69) is 43.1 Å². The van der Waals surface area contributed by atoms with Gasteiger partial charge in [-0.15, -0.1) is 0 Å². The van der Waals surface area contributed by atoms with Gasteiger partial charge in [-0.3, -0.25) is 4.98 Å². The van der Waals surface area contributed by atoms with Gasteiger partial charge < -0.3 is 4.74 Å². The number of ether oxygens (including phenoxy) is 1. The van der Waals surface area contributed by atoms with Crippen LogP contribution in [0.15, 0.2) is 66.9 Å². The highest BCUT2D eigenvalue weighted by atomic mass is 16.5. The zero-order valence-corrected chi connectivity index (χ0v) is 16.6. The van der Waals surface area contributed by atoms with Crippen molar-refractivity contribution < 1.29 is 4.74 Å². The van der Waals surface area contributed by atoms with E-state index in [9.17, 15) is 0 Å². The number of hydrogen-bond acceptors (Lipinski definition) is 3. The van der Waals surface area contributed by atoms with Crippen LogP contribution in [0.2, 0.25) is 0 Å². The zero-order chi connectivity index (χ0) is 20.0. The molecule has 0 aliphatic heterocycles. The van der Waals surface area contributed by atoms with Crippen molar-refractivity contribution in [3.05, 3.63) is 84.1 Å². The van der Waals surface area contributed by atoms with Gasteiger partial charge in [-0.2, -0.15) is 5.10 Å². The van der Waals surface area contributed by atoms with E-state index in [-0.39, 0.29) is 0 Å². The van der Waals surface area contributed by atoms with Gasteiger partial charge in [-0.05, 0) is 61.4 Å². The monoisotopic (exact) mass is 378 g/mol. The second-order valence-electron chi connectivity index (χ2n) is 7.21. The Bertz CT molecular complexity index is 1350. The van der Waals surface area contributed by atoms with Crippen molar-refractivity contribution in [1.29, 1.82) is 0 Å². The van der Waals surface area contributed by atoms with Crippen molar-refractivity contribution in [1.82, 2.24) is 14.8 Å². The molecule has 2 heterocycles. The second kappa shape index (κ2) is 6.74. The first-order chi connectivity index (χ1) is 14.2. The van der Waals surface area contributed by atoms with Crippen molar-refractivity contribution >= 4 is 21.8 Å². The number of aryl methyl sites for hydroxylation is 2. The van der Waals surface area contributed by atoms with Gasteiger partial charge in [0.05, 0.1) is 23.8 Å². The van der Waals surface area contributed by atoms with Crippen LogP contribution in [0.3, 0.4) is 0 Å². The Morgan fingerprint density at radius 3 is 2.59 bits per heavy atom. The van der Waals surface area contributed by atoms with Gasteiger partial charge in [0.1, 0.15) is 11.4 Å². The molecule has 0 bridgehead atoms. The summed E-state index contributed by atoms with van der Waals surface area (Å²) in [6.45, 7) is 4.24. The average molecular weight is 378 g/mol. The van der Waals surface area contributed by atoms with E-state index in [0.29, 0.717) is 0 Å². The first-order valence-corrected chi connectivity index (χ1v) is 9.56. The van der Waals surface area contributed by atoms with E-state index in [1.807, 2.05) is 53.3 Å². The van der Waals surface area contributed by atoms with Crippen molar-refractivity contribution in [3.63, 3.8) is 0 Å². The highest BCUT2D eigenvalue weighted by Gasteiger charge is 2.17. The second-order valence-corrected chi connectivity index (χ2v) is 7.21. The molecule has 0 saturated carbocycles. The lowest BCUT2D eigenvalue weighted by Gasteiger charge is -2.09. The Morgan fingerprint density at radius 1 is 0.931 bits per heavy atom. The Hall–Kier alpha value is -3.66. The number of benzene rings is 3. The Morgan fingerprint density at radius 2 is 1.83 bits per heavy atom. The minimum atomic E-state index is 0.799. The van der Waals surface area contributed by atoms with E-state index in [1.165, 1.54) is 11.1 Å². The van der Waals surface area contributed by atoms with Crippen molar-refractivity contribution in [3.8, 4) is 22.7 Å². The lowest BCUT2D eigenvalue weighted by molar-refractivity contribution is 0.415. The molecule has 0 spiro atoms. The van der Waals surface area contributed by atoms with Crippen LogP contribution in [-0.4, -0.2) is 21.9 Å². The topological polar surface area (TPSA) is 39.9 Å². The molecule has 5 aromatic rings. The van der Waals surface area contributed by atoms with Gasteiger partial charge in [0.2, 0.25) is 0 Å². The van der Waals surface area contributed by atoms with Crippen molar-refractivity contribution in [2.24, 2.45) is 0 Å². The van der Waals surface area contributed by atoms with Gasteiger partial charge >= 0.3 is 0 Å². The Labute approximate surface area is 169 Å². The summed E-state index contributed by atoms with van der Waals surface area (Å²) in [5.41, 5.74) is 7.26. The van der Waals surface area contributed by atoms with E-state index in [4.69, 9.17) is 9.84 Å². The Kier molecular flexibility index (Phi) is 4.06. The molecule has 4 heteroatoms. The largest absolute Gasteiger partial charge is 0.497 e. The first kappa shape index (κ1) is 17.4. The zero-order valence-electron chi connectivity index (χ0n) is 16.6. The highest BCUT2D eigenvalue weighted by Crippen LogP contribution is 2.35. The van der Waals surface area contributed by atoms with Crippen LogP contribution in [0.5, 0.6) is 5.75 Å². The molecular weight excluding hydrogens is 358 g/mol. The maximum atomic E-state index is 5.48. The number of pyridine rings is 1. The summed E-state index contributed by atoms with van der Waals surface area (Å²) in [4.78, 5) is 4.69. The minimum Gasteiger partial charge on any atom is -0.497 e. The summed E-state index contributed by atoms with van der Waals surface area (Å²) in [5, 5.41) is 7.01. The summed E-state index contributed by atoms with van der Waals surface area (Å²) in [6.07, 6.45) is 1.91. The summed E-state index contributed by atoms with van der Waals surface area (Å²) in [5.74, 6) is 0.799. The molecule has 141 valence electrons. The standard InChI is InChI=1S/C25H20N3O/c1-16-9-10-19(13-17(16)2)28-25-21-14-20(29-3)11-12-23(21)26-15-22(25)24(27-28)18-7-5-4-6-8-18/h4-7,9-15H,1-3H3. The van der Waals surface area contributed by atoms with Gasteiger partial charge in [0.25, 0.3) is 0 Å². The van der Waals surface area contributed by atoms with E-state index >= 15 is 0 Å². The Balaban J connectivity index is 1.91. The molecule has 2 aromatic heterocycles. The molecule has 0 unspecified atom stereocenters. The summed E-state index contributed by atoms with van der Waals surface area (Å²) >= 11 is 0. The molecule has 0 aliphatic rings. The summed E-state index contributed by atoms with van der Waals surface area (Å²) in [7, 11) is 1.68. The number of nitrogens with zero attached hydrogens (tertiary/aromatic N) is 3. The molecule has 0 atom stereocenters. The van der Waals surface area contributed by atoms with Crippen LogP contribution in [0.25, 0.3) is 38.8 Å². The number of rotatable bonds is 3. The highest BCUT2D eigenvalue weighted by molar-refractivity contribution is 6.09. The maximum absolute atomic E-state index is 5.48. The van der Waals surface area contributed by atoms with Crippen LogP contribution in [0.4, 0.5) is 0 Å². The third-order valence-electron chi connectivity index (χ3n) is 5.41. The van der Waals surface area contributed by atoms with E-state index in [1.54, 1.807) is 7.11 Å². The van der Waals surface area contributed by atoms with Gasteiger partial charge in [-0.25, -0.2) is 4.68 Å². The van der Waals surface area contributed by atoms with Crippen LogP contribution >= 0.6 is 0 Å². The summed E-state index contributed by atoms with van der Waals surface area (Å²) in [6, 6.07) is 23.6. The predicted molar refractivity (Wildman–Crippen MR) is 117 cm³/mol. The van der Waals surface area contributed by atoms with Crippen LogP contribution in [-0.2, 0) is 0 Å². The third-order valence-corrected chi connectivity index (χ3v) is 5.41. The van der Waals surface area contributed by atoms with Crippen LogP contribution in [0.1, 0.15) is 11.1 Å². The maximum Gasteiger partial charge on any atom is 0.119 e. The smallest absolute Gasteiger partial charge is 0.119 e. The fraction of sp³-hybridized carbons (Fsp3) is 0.120. The molecule has 0 saturated heterocycles. The molecule has 1 radical (unpaired) electrons. The van der Waals surface area contributed by atoms with Crippen LogP contribution in [0, 0.1) is 19.9 Å². The third kappa shape index (κ3) is 2.85. The average Bonchev–Trinajstić information content (AvgIpc) is 3.16. The molecule has 0 amide bonds. The summed E-state index contributed by atoms with van der Waals surface area (Å²) < 4.78 is 7.49. The van der Waals surface area contributed by atoms with Crippen molar-refractivity contribution in [2.75, 3.05) is 7.11 Å². The van der Waals surface area contributed by atoms with Gasteiger partial charge in [0.15, 0.2) is 0 Å². The number of hydrogen-bond donors (Lipinski definition) is 0. The van der Waals surface area contributed by atoms with Crippen molar-refractivity contribution in [2.45, 2.75) is 13.8 Å². The van der Waals surface area contributed by atoms with E-state index in [0.717, 1.165) is 44.5 Å². The molecule has 4 nitrogen and oxygen atoms in total. The number of fused-ring (bicyclic) bond motifs is 3. The molecular formula is C25H20N3O. The molecule has 0 fully saturated rings. The first-order valence-electron chi connectivity index (χ1n) is 9.56. The quantitative estimate of drug-likeness (QED) is 0.406. The lowest BCUT2D eigenvalue weighted by Crippen LogP contribution is -1.99. The lowest BCUT2D eigenvalue weighted by atomic mass is 10.1. The molecule has 29 heavy (non-hydrogen) atoms. The molecule has 0 N–H and O–H groups in total. The normalized spacial score (nSPS) is 11.3. The van der Waals surface area contributed by atoms with E-state index < -0.39 is 0 Å². The fourth-order valence-corrected chi connectivity index (χ4v) is 3.67. The number of methoxy groups -OCH3 is 1. The molecule has 5 rings (SSSR count). The minimum absolute atomic E-state index is 0.799. The van der Waals surface area contributed by atoms with Crippen LogP contribution < -0.4 is 4.74 Å². The SMILES string of the molecule is COc1ccc2ncc3c(-c4[c]cccc4)nn(-c4ccc(C)c(C)c4)c3c2c1. The van der Waals surface area contributed by atoms with Gasteiger partial charge in [-0.1, -0.05) is 30.3 Å². The molecule has 0 aliphatic carbocycles. The number of aromatic nitrogens is 3. The fourth-order valence-electron chi connectivity index (χ4n) is 3.67. The molecule has 3 aromatic carbocycles.